The van der Waals surface area contributed by atoms with Gasteiger partial charge in [0, 0.05) is 13.0 Å². The minimum atomic E-state index is -1.23. The molecule has 0 aliphatic heterocycles. The fourth-order valence-electron chi connectivity index (χ4n) is 3.37. The van der Waals surface area contributed by atoms with Gasteiger partial charge in [0.05, 0.1) is 0 Å². The van der Waals surface area contributed by atoms with Crippen LogP contribution in [0.5, 0.6) is 0 Å². The van der Waals surface area contributed by atoms with Gasteiger partial charge >= 0.3 is 5.97 Å². The van der Waals surface area contributed by atoms with E-state index in [0.717, 1.165) is 25.9 Å². The maximum absolute atomic E-state index is 11.7. The van der Waals surface area contributed by atoms with Gasteiger partial charge in [-0.15, -0.1) is 0 Å². The molecule has 0 spiro atoms. The van der Waals surface area contributed by atoms with Crippen LogP contribution in [0.3, 0.4) is 0 Å². The summed E-state index contributed by atoms with van der Waals surface area (Å²) in [7, 11) is 4.13. The van der Waals surface area contributed by atoms with Crippen LogP contribution in [-0.4, -0.2) is 60.3 Å². The molecule has 0 saturated heterocycles. The number of rotatable bonds is 21. The first-order valence-corrected chi connectivity index (χ1v) is 13.1. The summed E-state index contributed by atoms with van der Waals surface area (Å²) in [4.78, 5) is 23.3. The number of hydrogen-bond donors (Lipinski definition) is 3. The highest BCUT2D eigenvalue weighted by molar-refractivity contribution is 5.75. The van der Waals surface area contributed by atoms with Crippen LogP contribution in [0.1, 0.15) is 123 Å². The molecule has 0 aliphatic rings. The summed E-state index contributed by atoms with van der Waals surface area (Å²) in [5.41, 5.74) is 0. The number of aliphatic hydroxyl groups excluding tert-OH is 1. The van der Waals surface area contributed by atoms with Crippen molar-refractivity contribution >= 4 is 11.9 Å². The van der Waals surface area contributed by atoms with Gasteiger partial charge in [0.25, 0.3) is 0 Å². The molecule has 1 unspecified atom stereocenters. The summed E-state index contributed by atoms with van der Waals surface area (Å²) in [6.07, 6.45) is 21.1. The minimum absolute atomic E-state index is 0.235. The number of carboxylic acid groups (broad SMARTS) is 1. The molecule has 0 aromatic heterocycles. The lowest BCUT2D eigenvalue weighted by Crippen LogP contribution is -2.26. The fraction of sp³-hybridized carbons (Fsp3) is 0.923. The van der Waals surface area contributed by atoms with E-state index in [1.165, 1.54) is 96.8 Å². The number of carbonyl (C=O) groups excluding carboxylic acids is 1. The van der Waals surface area contributed by atoms with Crippen LogP contribution in [0, 0.1) is 0 Å². The van der Waals surface area contributed by atoms with Crippen molar-refractivity contribution < 1.29 is 19.8 Å². The van der Waals surface area contributed by atoms with Gasteiger partial charge in [-0.2, -0.15) is 0 Å². The lowest BCUT2D eigenvalue weighted by molar-refractivity contribution is -0.145. The van der Waals surface area contributed by atoms with Crippen molar-refractivity contribution in [3.63, 3.8) is 0 Å². The van der Waals surface area contributed by atoms with E-state index < -0.39 is 12.1 Å². The second-order valence-corrected chi connectivity index (χ2v) is 9.22. The molecule has 6 nitrogen and oxygen atoms in total. The zero-order valence-corrected chi connectivity index (χ0v) is 21.7. The van der Waals surface area contributed by atoms with Gasteiger partial charge < -0.3 is 20.4 Å². The van der Waals surface area contributed by atoms with E-state index in [9.17, 15) is 9.59 Å². The maximum atomic E-state index is 11.7. The van der Waals surface area contributed by atoms with Crippen LogP contribution >= 0.6 is 0 Å². The third kappa shape index (κ3) is 31.0. The Balaban J connectivity index is 0. The average molecular weight is 459 g/mol. The molecule has 32 heavy (non-hydrogen) atoms. The number of hydrogen-bond acceptors (Lipinski definition) is 4. The first-order valence-electron chi connectivity index (χ1n) is 13.1. The molecule has 0 aliphatic carbocycles. The predicted molar refractivity (Wildman–Crippen MR) is 135 cm³/mol. The molecule has 192 valence electrons. The monoisotopic (exact) mass is 458 g/mol. The number of nitrogens with zero attached hydrogens (tertiary/aromatic N) is 1. The molecule has 1 atom stereocenters. The van der Waals surface area contributed by atoms with Crippen molar-refractivity contribution in [3.8, 4) is 0 Å². The van der Waals surface area contributed by atoms with Gasteiger partial charge in [-0.25, -0.2) is 4.79 Å². The summed E-state index contributed by atoms with van der Waals surface area (Å²) < 4.78 is 0. The van der Waals surface area contributed by atoms with Crippen LogP contribution in [-0.2, 0) is 9.59 Å². The van der Waals surface area contributed by atoms with E-state index in [1.54, 1.807) is 0 Å². The summed E-state index contributed by atoms with van der Waals surface area (Å²) in [5.74, 6) is -0.951. The molecule has 0 rings (SSSR count). The largest absolute Gasteiger partial charge is 0.479 e. The molecule has 0 aromatic carbocycles. The van der Waals surface area contributed by atoms with Gasteiger partial charge in [0.15, 0.2) is 0 Å². The number of aliphatic carboxylic acids is 1. The van der Waals surface area contributed by atoms with Crippen LogP contribution in [0.25, 0.3) is 0 Å². The van der Waals surface area contributed by atoms with Gasteiger partial charge in [0.1, 0.15) is 6.10 Å². The van der Waals surface area contributed by atoms with Crippen LogP contribution in [0.15, 0.2) is 0 Å². The molecule has 0 heterocycles. The fourth-order valence-corrected chi connectivity index (χ4v) is 3.37. The average Bonchev–Trinajstić information content (AvgIpc) is 2.74. The number of carboxylic acids is 1. The summed E-state index contributed by atoms with van der Waals surface area (Å²) >= 11 is 0. The van der Waals surface area contributed by atoms with E-state index in [2.05, 4.69) is 31.2 Å². The highest BCUT2D eigenvalue weighted by Gasteiger charge is 2.02. The lowest BCUT2D eigenvalue weighted by atomic mass is 10.0. The Bertz CT molecular complexity index is 415. The zero-order chi connectivity index (χ0) is 24.5. The topological polar surface area (TPSA) is 89.9 Å². The minimum Gasteiger partial charge on any atom is -0.479 e. The summed E-state index contributed by atoms with van der Waals surface area (Å²) in [5, 5.41) is 18.8. The van der Waals surface area contributed by atoms with Crippen molar-refractivity contribution in [1.82, 2.24) is 10.2 Å². The Morgan fingerprint density at radius 1 is 0.750 bits per heavy atom. The van der Waals surface area contributed by atoms with E-state index in [4.69, 9.17) is 10.2 Å². The second-order valence-electron chi connectivity index (χ2n) is 9.22. The van der Waals surface area contributed by atoms with Crippen LogP contribution < -0.4 is 5.32 Å². The molecular formula is C26H54N2O4. The maximum Gasteiger partial charge on any atom is 0.332 e. The Morgan fingerprint density at radius 3 is 1.47 bits per heavy atom. The number of unbranched alkanes of at least 4 members (excludes halogenated alkanes) is 14. The Kier molecular flexibility index (Phi) is 27.0. The van der Waals surface area contributed by atoms with Gasteiger partial charge in [-0.3, -0.25) is 4.79 Å². The number of amides is 1. The van der Waals surface area contributed by atoms with Crippen LogP contribution in [0.2, 0.25) is 0 Å². The number of carbonyl (C=O) groups is 2. The van der Waals surface area contributed by atoms with Crippen molar-refractivity contribution in [3.05, 3.63) is 0 Å². The van der Waals surface area contributed by atoms with E-state index in [1.807, 2.05) is 0 Å². The van der Waals surface area contributed by atoms with E-state index in [0.29, 0.717) is 6.42 Å². The number of nitrogens with one attached hydrogen (secondary N) is 1. The quantitative estimate of drug-likeness (QED) is 0.190. The van der Waals surface area contributed by atoms with Crippen molar-refractivity contribution in [2.75, 3.05) is 27.2 Å². The van der Waals surface area contributed by atoms with Gasteiger partial charge in [0.2, 0.25) is 5.91 Å². The highest BCUT2D eigenvalue weighted by Crippen LogP contribution is 2.13. The van der Waals surface area contributed by atoms with Crippen molar-refractivity contribution in [1.29, 1.82) is 0 Å². The second kappa shape index (κ2) is 26.1. The lowest BCUT2D eigenvalue weighted by Gasteiger charge is -2.09. The molecule has 1 amide bonds. The molecular weight excluding hydrogens is 404 g/mol. The molecule has 0 radical (unpaired) electrons. The first kappa shape index (κ1) is 33.0. The molecule has 0 saturated carbocycles. The number of aliphatic hydroxyl groups is 1. The summed E-state index contributed by atoms with van der Waals surface area (Å²) in [6, 6.07) is 0. The Hall–Kier alpha value is -1.14. The first-order chi connectivity index (χ1) is 15.3. The third-order valence-corrected chi connectivity index (χ3v) is 5.47. The SMILES string of the molecule is CC(O)C(=O)O.CCCCCCCCCCCCCCCCCC(=O)NCCCN(C)C. The third-order valence-electron chi connectivity index (χ3n) is 5.47. The normalized spacial score (nSPS) is 11.7. The Morgan fingerprint density at radius 2 is 1.12 bits per heavy atom. The van der Waals surface area contributed by atoms with Crippen molar-refractivity contribution in [2.45, 2.75) is 129 Å². The Labute approximate surface area is 198 Å². The molecule has 6 heteroatoms. The zero-order valence-electron chi connectivity index (χ0n) is 21.7. The predicted octanol–water partition coefficient (Wildman–Crippen LogP) is 5.77. The molecule has 0 aromatic rings. The van der Waals surface area contributed by atoms with E-state index >= 15 is 0 Å². The highest BCUT2D eigenvalue weighted by atomic mass is 16.4. The van der Waals surface area contributed by atoms with E-state index in [-0.39, 0.29) is 5.91 Å². The van der Waals surface area contributed by atoms with Crippen LogP contribution in [0.4, 0.5) is 0 Å². The summed E-state index contributed by atoms with van der Waals surface area (Å²) in [6.45, 7) is 5.34. The molecule has 0 bridgehead atoms. The standard InChI is InChI=1S/C23H48N2O.C3H6O3/c1-4-5-6-7-8-9-10-11-12-13-14-15-16-17-18-20-23(26)24-21-19-22-25(2)3;1-2(4)3(5)6/h4-22H2,1-3H3,(H,24,26);2,4H,1H3,(H,5,6). The molecule has 3 N–H and O–H groups in total. The van der Waals surface area contributed by atoms with Gasteiger partial charge in [-0.05, 0) is 40.4 Å². The van der Waals surface area contributed by atoms with Crippen molar-refractivity contribution in [2.24, 2.45) is 0 Å². The smallest absolute Gasteiger partial charge is 0.332 e. The molecule has 0 fully saturated rings. The van der Waals surface area contributed by atoms with Gasteiger partial charge in [-0.1, -0.05) is 96.8 Å².